The Morgan fingerprint density at radius 3 is 0.581 bits per heavy atom. The minimum Gasteiger partial charge on any atom is -0.550 e. The molecule has 0 heterocycles. The van der Waals surface area contributed by atoms with Crippen LogP contribution in [0.3, 0.4) is 0 Å². The van der Waals surface area contributed by atoms with Crippen LogP contribution in [0.15, 0.2) is 0 Å². The Morgan fingerprint density at radius 2 is 0.442 bits per heavy atom. The van der Waals surface area contributed by atoms with Gasteiger partial charge in [-0.25, -0.2) is 0 Å². The van der Waals surface area contributed by atoms with E-state index in [9.17, 15) is 29.7 Å². The van der Waals surface area contributed by atoms with Crippen molar-refractivity contribution >= 4 is 17.9 Å². The molecule has 0 aliphatic carbocycles. The molecule has 0 aromatic carbocycles. The third-order valence-electron chi connectivity index (χ3n) is 7.45. The summed E-state index contributed by atoms with van der Waals surface area (Å²) in [6.07, 6.45) is 33.5. The van der Waals surface area contributed by atoms with Gasteiger partial charge in [0.2, 0.25) is 0 Å². The van der Waals surface area contributed by atoms with Crippen LogP contribution in [0.1, 0.15) is 213 Å². The molecule has 0 aromatic rings. The molecule has 0 spiro atoms. The van der Waals surface area contributed by atoms with Crippen molar-refractivity contribution in [3.8, 4) is 0 Å². The molecule has 1 radical (unpaired) electrons. The van der Waals surface area contributed by atoms with Gasteiger partial charge in [0.15, 0.2) is 0 Å². The fourth-order valence-electron chi connectivity index (χ4n) is 4.74. The topological polar surface area (TPSA) is 120 Å². The molecule has 0 fully saturated rings. The molecular formula is C36H69O6Ti. The van der Waals surface area contributed by atoms with Gasteiger partial charge in [-0.2, -0.15) is 0 Å². The molecule has 0 aliphatic rings. The molecule has 43 heavy (non-hydrogen) atoms. The molecule has 253 valence electrons. The first-order valence-corrected chi connectivity index (χ1v) is 17.9. The normalized spacial score (nSPS) is 10.1. The van der Waals surface area contributed by atoms with Gasteiger partial charge >= 0.3 is 21.7 Å². The molecule has 0 aliphatic heterocycles. The van der Waals surface area contributed by atoms with E-state index in [0.717, 1.165) is 38.5 Å². The SMILES string of the molecule is CCCCCCCCCCCC(=O)[O-].CCCCCCCCCCCC(=O)[O-].CCCCCCCCCCCC(=O)[O-].[Ti+3]. The summed E-state index contributed by atoms with van der Waals surface area (Å²) in [6.45, 7) is 6.67. The summed E-state index contributed by atoms with van der Waals surface area (Å²) >= 11 is 0. The van der Waals surface area contributed by atoms with Gasteiger partial charge in [-0.3, -0.25) is 0 Å². The molecular weight excluding hydrogens is 576 g/mol. The van der Waals surface area contributed by atoms with Gasteiger partial charge < -0.3 is 29.7 Å². The van der Waals surface area contributed by atoms with E-state index < -0.39 is 17.9 Å². The molecule has 0 saturated heterocycles. The zero-order valence-corrected chi connectivity index (χ0v) is 30.2. The summed E-state index contributed by atoms with van der Waals surface area (Å²) in [5, 5.41) is 30.3. The van der Waals surface area contributed by atoms with E-state index in [4.69, 9.17) is 0 Å². The average molecular weight is 646 g/mol. The van der Waals surface area contributed by atoms with Crippen molar-refractivity contribution in [3.05, 3.63) is 0 Å². The Morgan fingerprint density at radius 1 is 0.302 bits per heavy atom. The second kappa shape index (κ2) is 45.6. The number of hydrogen-bond donors (Lipinski definition) is 0. The number of aliphatic carboxylic acids is 3. The van der Waals surface area contributed by atoms with Crippen molar-refractivity contribution in [1.82, 2.24) is 0 Å². The molecule has 0 amide bonds. The zero-order valence-electron chi connectivity index (χ0n) is 28.7. The predicted molar refractivity (Wildman–Crippen MR) is 171 cm³/mol. The summed E-state index contributed by atoms with van der Waals surface area (Å²) in [7, 11) is 0. The van der Waals surface area contributed by atoms with Crippen LogP contribution in [0.2, 0.25) is 0 Å². The Bertz CT molecular complexity index is 480. The number of carbonyl (C=O) groups is 3. The van der Waals surface area contributed by atoms with Gasteiger partial charge in [0, 0.05) is 17.9 Å². The van der Waals surface area contributed by atoms with Crippen LogP contribution in [-0.2, 0) is 36.1 Å². The number of carboxylic acids is 3. The van der Waals surface area contributed by atoms with Gasteiger partial charge in [0.1, 0.15) is 0 Å². The maximum Gasteiger partial charge on any atom is 3.00 e. The molecule has 0 N–H and O–H groups in total. The van der Waals surface area contributed by atoms with Crippen LogP contribution >= 0.6 is 0 Å². The summed E-state index contributed by atoms with van der Waals surface area (Å²) in [4.78, 5) is 30.3. The molecule has 0 bridgehead atoms. The third-order valence-corrected chi connectivity index (χ3v) is 7.45. The minimum absolute atomic E-state index is 0. The molecule has 7 heteroatoms. The Hall–Kier alpha value is -0.876. The van der Waals surface area contributed by atoms with Crippen LogP contribution < -0.4 is 15.3 Å². The summed E-state index contributed by atoms with van der Waals surface area (Å²) in [5.74, 6) is -2.73. The van der Waals surface area contributed by atoms with Crippen molar-refractivity contribution in [2.24, 2.45) is 0 Å². The zero-order chi connectivity index (χ0) is 31.9. The smallest absolute Gasteiger partial charge is 0.550 e. The van der Waals surface area contributed by atoms with E-state index in [1.54, 1.807) is 0 Å². The first kappa shape index (κ1) is 49.0. The number of rotatable bonds is 30. The van der Waals surface area contributed by atoms with Crippen LogP contribution in [-0.4, -0.2) is 17.9 Å². The number of hydrogen-bond acceptors (Lipinski definition) is 6. The van der Waals surface area contributed by atoms with E-state index >= 15 is 0 Å². The van der Waals surface area contributed by atoms with Gasteiger partial charge in [-0.05, 0) is 38.5 Å². The standard InChI is InChI=1S/3C12H24O2.Ti/c3*1-2-3-4-5-6-7-8-9-10-11-12(13)14;/h3*2-11H2,1H3,(H,13,14);/q;;;+3/p-3. The maximum absolute atomic E-state index is 10.1. The van der Waals surface area contributed by atoms with E-state index in [1.807, 2.05) is 0 Å². The van der Waals surface area contributed by atoms with Crippen molar-refractivity contribution in [1.29, 1.82) is 0 Å². The monoisotopic (exact) mass is 645 g/mol. The largest absolute Gasteiger partial charge is 3.00 e. The molecule has 6 nitrogen and oxygen atoms in total. The van der Waals surface area contributed by atoms with E-state index in [-0.39, 0.29) is 41.0 Å². The number of unbranched alkanes of at least 4 members (excludes halogenated alkanes) is 24. The molecule has 0 rings (SSSR count). The van der Waals surface area contributed by atoms with Crippen LogP contribution in [0, 0.1) is 0 Å². The average Bonchev–Trinajstić information content (AvgIpc) is 2.95. The van der Waals surface area contributed by atoms with Crippen LogP contribution in [0.5, 0.6) is 0 Å². The van der Waals surface area contributed by atoms with Gasteiger partial charge in [0.05, 0.1) is 0 Å². The fraction of sp³-hybridized carbons (Fsp3) is 0.917. The Labute approximate surface area is 281 Å². The third kappa shape index (κ3) is 61.0. The van der Waals surface area contributed by atoms with Gasteiger partial charge in [-0.15, -0.1) is 0 Å². The second-order valence-corrected chi connectivity index (χ2v) is 11.9. The van der Waals surface area contributed by atoms with Crippen molar-refractivity contribution < 1.29 is 51.4 Å². The number of carbonyl (C=O) groups excluding carboxylic acids is 3. The van der Waals surface area contributed by atoms with Gasteiger partial charge in [-0.1, -0.05) is 175 Å². The van der Waals surface area contributed by atoms with Crippen LogP contribution in [0.4, 0.5) is 0 Å². The van der Waals surface area contributed by atoms with Crippen molar-refractivity contribution in [2.75, 3.05) is 0 Å². The minimum atomic E-state index is -0.909. The first-order valence-electron chi connectivity index (χ1n) is 17.9. The quantitative estimate of drug-likeness (QED) is 0.0577. The van der Waals surface area contributed by atoms with Crippen molar-refractivity contribution in [2.45, 2.75) is 213 Å². The van der Waals surface area contributed by atoms with E-state index in [0.29, 0.717) is 0 Å². The molecule has 0 unspecified atom stereocenters. The molecule has 0 atom stereocenters. The predicted octanol–water partition coefficient (Wildman–Crippen LogP) is 7.97. The molecule has 0 saturated carbocycles. The second-order valence-electron chi connectivity index (χ2n) is 11.9. The summed E-state index contributed by atoms with van der Waals surface area (Å²) < 4.78 is 0. The van der Waals surface area contributed by atoms with Crippen LogP contribution in [0.25, 0.3) is 0 Å². The number of carboxylic acid groups (broad SMARTS) is 3. The fourth-order valence-corrected chi connectivity index (χ4v) is 4.74. The maximum atomic E-state index is 10.1. The summed E-state index contributed by atoms with van der Waals surface area (Å²) in [5.41, 5.74) is 0. The van der Waals surface area contributed by atoms with Crippen molar-refractivity contribution in [3.63, 3.8) is 0 Å². The van der Waals surface area contributed by atoms with Gasteiger partial charge in [0.25, 0.3) is 0 Å². The molecule has 0 aromatic heterocycles. The Balaban J connectivity index is -0.000000262. The first-order chi connectivity index (χ1) is 20.3. The van der Waals surface area contributed by atoms with E-state index in [2.05, 4.69) is 20.8 Å². The Kier molecular flexibility index (Phi) is 51.9. The summed E-state index contributed by atoms with van der Waals surface area (Å²) in [6, 6.07) is 0. The van der Waals surface area contributed by atoms with E-state index in [1.165, 1.54) is 135 Å².